The smallest absolute Gasteiger partial charge is 0.347 e. The highest BCUT2D eigenvalue weighted by atomic mass is 32.1. The largest absolute Gasteiger partial charge is 0.425 e. The summed E-state index contributed by atoms with van der Waals surface area (Å²) in [4.78, 5) is 44.8. The van der Waals surface area contributed by atoms with Gasteiger partial charge in [0, 0.05) is 17.3 Å². The van der Waals surface area contributed by atoms with Gasteiger partial charge in [-0.05, 0) is 69.6 Å². The molecule has 3 aromatic heterocycles. The SMILES string of the molecule is O=C(NCc1ccc2cc(C(F)(F)F)sc2c1)c1cc(C(=O)N[C@H]2CCc3cc(-n4nn[nH]c4=O)ccc32)ncn1. The van der Waals surface area contributed by atoms with E-state index in [0.717, 1.165) is 28.2 Å². The number of aromatic nitrogens is 6. The molecule has 1 aliphatic carbocycles. The molecule has 0 radical (unpaired) electrons. The van der Waals surface area contributed by atoms with Gasteiger partial charge in [-0.2, -0.15) is 17.9 Å². The van der Waals surface area contributed by atoms with E-state index in [1.165, 1.54) is 6.07 Å². The number of tetrazole rings is 1. The van der Waals surface area contributed by atoms with Gasteiger partial charge in [0.25, 0.3) is 11.8 Å². The Morgan fingerprint density at radius 1 is 1.05 bits per heavy atom. The Balaban J connectivity index is 1.11. The van der Waals surface area contributed by atoms with Crippen molar-refractivity contribution in [3.8, 4) is 5.69 Å². The standard InChI is InChI=1S/C26H19F3N8O3S/c27-26(28,29)22-9-15-2-1-13(7-21(15)41-22)11-30-23(38)19-10-20(32-12-31-19)24(39)33-18-6-3-14-8-16(4-5-17(14)18)37-25(40)34-35-36-37/h1-2,4-5,7-10,12,18H,3,6,11H2,(H,30,38)(H,33,39)(H,34,36,40)/t18-/m0/s1. The van der Waals surface area contributed by atoms with Crippen LogP contribution in [0.5, 0.6) is 0 Å². The number of amides is 2. The zero-order valence-electron chi connectivity index (χ0n) is 20.9. The molecule has 0 spiro atoms. The second kappa shape index (κ2) is 10.2. The van der Waals surface area contributed by atoms with Crippen LogP contribution in [0.15, 0.2) is 59.7 Å². The van der Waals surface area contributed by atoms with Gasteiger partial charge in [0.15, 0.2) is 0 Å². The Bertz CT molecular complexity index is 1860. The van der Waals surface area contributed by atoms with Crippen molar-refractivity contribution in [3.63, 3.8) is 0 Å². The number of nitrogens with zero attached hydrogens (tertiary/aromatic N) is 5. The minimum atomic E-state index is -4.42. The molecule has 11 nitrogen and oxygen atoms in total. The molecule has 41 heavy (non-hydrogen) atoms. The maximum Gasteiger partial charge on any atom is 0.425 e. The summed E-state index contributed by atoms with van der Waals surface area (Å²) in [5.74, 6) is -1.05. The third-order valence-corrected chi connectivity index (χ3v) is 7.82. The number of rotatable bonds is 6. The summed E-state index contributed by atoms with van der Waals surface area (Å²) in [5, 5.41) is 15.5. The molecular weight excluding hydrogens is 561 g/mol. The van der Waals surface area contributed by atoms with Crippen molar-refractivity contribution < 1.29 is 22.8 Å². The molecule has 1 atom stereocenters. The fourth-order valence-corrected chi connectivity index (χ4v) is 5.68. The van der Waals surface area contributed by atoms with E-state index in [1.807, 2.05) is 12.1 Å². The van der Waals surface area contributed by atoms with E-state index in [-0.39, 0.29) is 24.0 Å². The Hall–Kier alpha value is -4.92. The van der Waals surface area contributed by atoms with E-state index in [2.05, 4.69) is 36.1 Å². The van der Waals surface area contributed by atoms with E-state index in [4.69, 9.17) is 0 Å². The Labute approximate surface area is 232 Å². The number of aryl methyl sites for hydroxylation is 1. The third-order valence-electron chi connectivity index (χ3n) is 6.68. The zero-order chi connectivity index (χ0) is 28.7. The average Bonchev–Trinajstić information content (AvgIpc) is 3.69. The molecule has 15 heteroatoms. The predicted octanol–water partition coefficient (Wildman–Crippen LogP) is 3.33. The highest BCUT2D eigenvalue weighted by Crippen LogP contribution is 2.38. The van der Waals surface area contributed by atoms with Crippen LogP contribution in [-0.2, 0) is 19.1 Å². The van der Waals surface area contributed by atoms with Gasteiger partial charge in [0.1, 0.15) is 22.6 Å². The molecular formula is C26H19F3N8O3S. The molecule has 5 aromatic rings. The maximum atomic E-state index is 13.0. The van der Waals surface area contributed by atoms with Crippen LogP contribution in [-0.4, -0.2) is 42.0 Å². The van der Waals surface area contributed by atoms with Gasteiger partial charge >= 0.3 is 11.9 Å². The van der Waals surface area contributed by atoms with Crippen molar-refractivity contribution in [2.24, 2.45) is 0 Å². The summed E-state index contributed by atoms with van der Waals surface area (Å²) < 4.78 is 40.6. The molecule has 0 bridgehead atoms. The minimum Gasteiger partial charge on any atom is -0.347 e. The third kappa shape index (κ3) is 5.30. The molecule has 2 amide bonds. The lowest BCUT2D eigenvalue weighted by atomic mass is 10.1. The number of fused-ring (bicyclic) bond motifs is 2. The number of hydrogen-bond donors (Lipinski definition) is 3. The Kier molecular flexibility index (Phi) is 6.57. The molecule has 0 fully saturated rings. The van der Waals surface area contributed by atoms with Crippen LogP contribution in [0, 0.1) is 0 Å². The molecule has 208 valence electrons. The number of halogens is 3. The monoisotopic (exact) mass is 580 g/mol. The number of benzene rings is 2. The van der Waals surface area contributed by atoms with Crippen LogP contribution in [0.3, 0.4) is 0 Å². The quantitative estimate of drug-likeness (QED) is 0.279. The summed E-state index contributed by atoms with van der Waals surface area (Å²) in [7, 11) is 0. The highest BCUT2D eigenvalue weighted by molar-refractivity contribution is 7.19. The lowest BCUT2D eigenvalue weighted by Gasteiger charge is -2.14. The molecule has 2 aromatic carbocycles. The molecule has 3 N–H and O–H groups in total. The number of H-pyrrole nitrogens is 1. The minimum absolute atomic E-state index is 0.00375. The van der Waals surface area contributed by atoms with Crippen LogP contribution >= 0.6 is 11.3 Å². The molecule has 0 saturated heterocycles. The maximum absolute atomic E-state index is 13.0. The summed E-state index contributed by atoms with van der Waals surface area (Å²) in [5.41, 5.74) is 2.54. The van der Waals surface area contributed by atoms with E-state index < -0.39 is 28.6 Å². The summed E-state index contributed by atoms with van der Waals surface area (Å²) >= 11 is 0.640. The molecule has 1 aliphatic rings. The van der Waals surface area contributed by atoms with Crippen molar-refractivity contribution in [3.05, 3.63) is 98.3 Å². The van der Waals surface area contributed by atoms with Gasteiger partial charge in [-0.15, -0.1) is 11.3 Å². The molecule has 0 unspecified atom stereocenters. The van der Waals surface area contributed by atoms with Crippen molar-refractivity contribution in [2.45, 2.75) is 31.6 Å². The van der Waals surface area contributed by atoms with E-state index in [0.29, 0.717) is 45.5 Å². The second-order valence-corrected chi connectivity index (χ2v) is 10.4. The van der Waals surface area contributed by atoms with Crippen molar-refractivity contribution in [1.29, 1.82) is 0 Å². The molecule has 0 aliphatic heterocycles. The number of carbonyl (C=O) groups is 2. The lowest BCUT2D eigenvalue weighted by Crippen LogP contribution is -2.29. The van der Waals surface area contributed by atoms with Gasteiger partial charge in [0.2, 0.25) is 0 Å². The number of carbonyl (C=O) groups excluding carboxylic acids is 2. The topological polar surface area (TPSA) is 148 Å². The summed E-state index contributed by atoms with van der Waals surface area (Å²) in [6, 6.07) is 12.2. The van der Waals surface area contributed by atoms with Gasteiger partial charge in [-0.1, -0.05) is 18.2 Å². The zero-order valence-corrected chi connectivity index (χ0v) is 21.7. The van der Waals surface area contributed by atoms with Crippen LogP contribution in [0.1, 0.15) is 55.0 Å². The first-order valence-electron chi connectivity index (χ1n) is 12.3. The average molecular weight is 581 g/mol. The van der Waals surface area contributed by atoms with Crippen molar-refractivity contribution in [1.82, 2.24) is 40.8 Å². The number of thiophene rings is 1. The Morgan fingerprint density at radius 3 is 2.61 bits per heavy atom. The number of alkyl halides is 3. The van der Waals surface area contributed by atoms with Crippen LogP contribution in [0.2, 0.25) is 0 Å². The number of nitrogens with one attached hydrogen (secondary N) is 3. The number of hydrogen-bond acceptors (Lipinski definition) is 8. The van der Waals surface area contributed by atoms with Crippen LogP contribution in [0.4, 0.5) is 13.2 Å². The van der Waals surface area contributed by atoms with Crippen molar-refractivity contribution >= 4 is 33.2 Å². The van der Waals surface area contributed by atoms with Gasteiger partial charge < -0.3 is 10.6 Å². The first-order chi connectivity index (χ1) is 19.7. The van der Waals surface area contributed by atoms with Gasteiger partial charge in [-0.3, -0.25) is 9.59 Å². The summed E-state index contributed by atoms with van der Waals surface area (Å²) in [6.45, 7) is 0.0564. The normalized spacial score (nSPS) is 14.7. The van der Waals surface area contributed by atoms with Gasteiger partial charge in [0.05, 0.1) is 11.7 Å². The van der Waals surface area contributed by atoms with Gasteiger partial charge in [-0.25, -0.2) is 19.9 Å². The van der Waals surface area contributed by atoms with Crippen LogP contribution in [0.25, 0.3) is 15.8 Å². The molecule has 6 rings (SSSR count). The van der Waals surface area contributed by atoms with E-state index in [1.54, 1.807) is 24.3 Å². The Morgan fingerprint density at radius 2 is 1.85 bits per heavy atom. The van der Waals surface area contributed by atoms with E-state index >= 15 is 0 Å². The number of aromatic amines is 1. The molecule has 3 heterocycles. The highest BCUT2D eigenvalue weighted by Gasteiger charge is 2.32. The van der Waals surface area contributed by atoms with Crippen molar-refractivity contribution in [2.75, 3.05) is 0 Å². The fraction of sp³-hybridized carbons (Fsp3) is 0.192. The van der Waals surface area contributed by atoms with E-state index in [9.17, 15) is 27.6 Å². The van der Waals surface area contributed by atoms with Crippen LogP contribution < -0.4 is 16.3 Å². The predicted molar refractivity (Wildman–Crippen MR) is 141 cm³/mol. The first-order valence-corrected chi connectivity index (χ1v) is 13.1. The second-order valence-electron chi connectivity index (χ2n) is 9.32. The molecule has 0 saturated carbocycles. The first kappa shape index (κ1) is 26.3. The lowest BCUT2D eigenvalue weighted by molar-refractivity contribution is -0.134. The summed E-state index contributed by atoms with van der Waals surface area (Å²) in [6.07, 6.45) is -1.99. The fourth-order valence-electron chi connectivity index (χ4n) is 4.69.